The van der Waals surface area contributed by atoms with Crippen LogP contribution in [0.3, 0.4) is 0 Å². The minimum absolute atomic E-state index is 0.105. The predicted octanol–water partition coefficient (Wildman–Crippen LogP) is 5.14. The molecule has 0 N–H and O–H groups in total. The van der Waals surface area contributed by atoms with Crippen LogP contribution >= 0.6 is 0 Å². The van der Waals surface area contributed by atoms with Crippen molar-refractivity contribution in [1.29, 1.82) is 5.26 Å². The highest BCUT2D eigenvalue weighted by Gasteiger charge is 2.16. The van der Waals surface area contributed by atoms with E-state index in [1.807, 2.05) is 38.1 Å². The van der Waals surface area contributed by atoms with Gasteiger partial charge in [-0.1, -0.05) is 59.7 Å². The topological polar surface area (TPSA) is 67.2 Å². The molecule has 0 fully saturated rings. The molecule has 0 atom stereocenters. The summed E-state index contributed by atoms with van der Waals surface area (Å²) < 4.78 is 29.9. The fourth-order valence-corrected chi connectivity index (χ4v) is 3.51. The van der Waals surface area contributed by atoms with E-state index < -0.39 is 10.1 Å². The number of nitrogens with zero attached hydrogens (tertiary/aromatic N) is 1. The first-order valence-electron chi connectivity index (χ1n) is 8.67. The van der Waals surface area contributed by atoms with Crippen molar-refractivity contribution in [3.8, 4) is 11.8 Å². The van der Waals surface area contributed by atoms with Crippen LogP contribution < -0.4 is 4.18 Å². The number of hydrogen-bond donors (Lipinski definition) is 0. The monoisotopic (exact) mass is 389 g/mol. The van der Waals surface area contributed by atoms with Crippen molar-refractivity contribution in [3.05, 3.63) is 95.1 Å². The molecule has 0 unspecified atom stereocenters. The molecule has 0 aliphatic carbocycles. The van der Waals surface area contributed by atoms with Gasteiger partial charge in [-0.25, -0.2) is 0 Å². The van der Waals surface area contributed by atoms with Crippen LogP contribution in [-0.4, -0.2) is 8.42 Å². The van der Waals surface area contributed by atoms with E-state index in [1.54, 1.807) is 42.5 Å². The molecule has 0 bridgehead atoms. The van der Waals surface area contributed by atoms with Crippen molar-refractivity contribution in [2.24, 2.45) is 0 Å². The highest BCUT2D eigenvalue weighted by atomic mass is 32.2. The number of benzene rings is 3. The average Bonchev–Trinajstić information content (AvgIpc) is 2.68. The lowest BCUT2D eigenvalue weighted by Crippen LogP contribution is -2.09. The molecule has 3 aromatic rings. The molecule has 0 saturated heterocycles. The summed E-state index contributed by atoms with van der Waals surface area (Å²) in [5.41, 5.74) is 4.22. The van der Waals surface area contributed by atoms with E-state index in [1.165, 1.54) is 12.1 Å². The first-order valence-corrected chi connectivity index (χ1v) is 10.1. The Morgan fingerprint density at radius 1 is 0.857 bits per heavy atom. The van der Waals surface area contributed by atoms with E-state index in [9.17, 15) is 13.7 Å². The molecule has 140 valence electrons. The Morgan fingerprint density at radius 2 is 1.39 bits per heavy atom. The third-order valence-corrected chi connectivity index (χ3v) is 5.45. The molecule has 0 amide bonds. The van der Waals surface area contributed by atoms with Crippen molar-refractivity contribution in [2.75, 3.05) is 0 Å². The van der Waals surface area contributed by atoms with Crippen LogP contribution in [0, 0.1) is 25.2 Å². The van der Waals surface area contributed by atoms with E-state index in [0.717, 1.165) is 22.3 Å². The lowest BCUT2D eigenvalue weighted by molar-refractivity contribution is 0.486. The quantitative estimate of drug-likeness (QED) is 0.344. The van der Waals surface area contributed by atoms with Crippen molar-refractivity contribution in [3.63, 3.8) is 0 Å². The number of nitriles is 1. The highest BCUT2D eigenvalue weighted by molar-refractivity contribution is 7.87. The van der Waals surface area contributed by atoms with Gasteiger partial charge in [0.1, 0.15) is 10.6 Å². The summed E-state index contributed by atoms with van der Waals surface area (Å²) in [6, 6.07) is 22.9. The van der Waals surface area contributed by atoms with Gasteiger partial charge in [0.2, 0.25) is 0 Å². The van der Waals surface area contributed by atoms with Gasteiger partial charge in [-0.05, 0) is 55.3 Å². The normalized spacial score (nSPS) is 11.7. The molecular formula is C23H19NO3S. The van der Waals surface area contributed by atoms with Gasteiger partial charge in [0.05, 0.1) is 11.6 Å². The zero-order valence-corrected chi connectivity index (χ0v) is 16.4. The number of hydrogen-bond acceptors (Lipinski definition) is 4. The van der Waals surface area contributed by atoms with Crippen LogP contribution in [0.15, 0.2) is 77.7 Å². The van der Waals surface area contributed by atoms with Gasteiger partial charge >= 0.3 is 10.1 Å². The van der Waals surface area contributed by atoms with E-state index in [-0.39, 0.29) is 10.6 Å². The summed E-state index contributed by atoms with van der Waals surface area (Å²) in [5.74, 6) is 0.214. The second-order valence-electron chi connectivity index (χ2n) is 6.46. The van der Waals surface area contributed by atoms with Crippen molar-refractivity contribution in [2.45, 2.75) is 18.7 Å². The Bertz CT molecular complexity index is 1140. The summed E-state index contributed by atoms with van der Waals surface area (Å²) in [6.45, 7) is 3.87. The maximum atomic E-state index is 12.4. The second kappa shape index (κ2) is 8.12. The van der Waals surface area contributed by atoms with Crippen molar-refractivity contribution >= 4 is 21.8 Å². The number of allylic oxidation sites excluding steroid dienone is 1. The Morgan fingerprint density at radius 3 is 1.93 bits per heavy atom. The third kappa shape index (κ3) is 4.67. The van der Waals surface area contributed by atoms with Gasteiger partial charge in [0.25, 0.3) is 0 Å². The van der Waals surface area contributed by atoms with Gasteiger partial charge in [-0.3, -0.25) is 0 Å². The molecule has 3 aromatic carbocycles. The fourth-order valence-electron chi connectivity index (χ4n) is 2.58. The van der Waals surface area contributed by atoms with Crippen LogP contribution in [0.1, 0.15) is 22.3 Å². The standard InChI is InChI=1S/C23H19NO3S/c1-17-3-9-20(10-4-17)21(16-24)15-19-7-11-22(12-8-19)27-28(25,26)23-13-5-18(2)6-14-23/h3-15H,1-2H3/b21-15+. The number of rotatable bonds is 5. The molecule has 4 nitrogen and oxygen atoms in total. The van der Waals surface area contributed by atoms with E-state index in [2.05, 4.69) is 6.07 Å². The Balaban J connectivity index is 1.80. The highest BCUT2D eigenvalue weighted by Crippen LogP contribution is 2.22. The Labute approximate surface area is 165 Å². The zero-order valence-electron chi connectivity index (χ0n) is 15.6. The molecule has 0 aromatic heterocycles. The average molecular weight is 389 g/mol. The molecule has 0 saturated carbocycles. The molecule has 0 spiro atoms. The Hall–Kier alpha value is -3.36. The third-order valence-electron chi connectivity index (χ3n) is 4.19. The summed E-state index contributed by atoms with van der Waals surface area (Å²) >= 11 is 0. The van der Waals surface area contributed by atoms with E-state index >= 15 is 0 Å². The predicted molar refractivity (Wildman–Crippen MR) is 110 cm³/mol. The van der Waals surface area contributed by atoms with E-state index in [4.69, 9.17) is 4.18 Å². The molecule has 5 heteroatoms. The van der Waals surface area contributed by atoms with Gasteiger partial charge < -0.3 is 4.18 Å². The maximum Gasteiger partial charge on any atom is 0.339 e. The van der Waals surface area contributed by atoms with Gasteiger partial charge in [-0.15, -0.1) is 0 Å². The van der Waals surface area contributed by atoms with Crippen LogP contribution in [0.2, 0.25) is 0 Å². The molecule has 0 heterocycles. The van der Waals surface area contributed by atoms with Crippen LogP contribution in [0.25, 0.3) is 11.6 Å². The van der Waals surface area contributed by atoms with Gasteiger partial charge in [0.15, 0.2) is 0 Å². The van der Waals surface area contributed by atoms with Crippen molar-refractivity contribution in [1.82, 2.24) is 0 Å². The maximum absolute atomic E-state index is 12.4. The molecule has 0 aliphatic rings. The summed E-state index contributed by atoms with van der Waals surface area (Å²) in [6.07, 6.45) is 1.75. The van der Waals surface area contributed by atoms with Crippen LogP contribution in [0.5, 0.6) is 5.75 Å². The van der Waals surface area contributed by atoms with E-state index in [0.29, 0.717) is 5.57 Å². The largest absolute Gasteiger partial charge is 0.379 e. The second-order valence-corrected chi connectivity index (χ2v) is 8.00. The van der Waals surface area contributed by atoms with Crippen LogP contribution in [-0.2, 0) is 10.1 Å². The summed E-state index contributed by atoms with van der Waals surface area (Å²) in [5, 5.41) is 9.44. The first kappa shape index (κ1) is 19.4. The lowest BCUT2D eigenvalue weighted by Gasteiger charge is -2.07. The summed E-state index contributed by atoms with van der Waals surface area (Å²) in [4.78, 5) is 0.105. The molecular weight excluding hydrogens is 370 g/mol. The molecule has 3 rings (SSSR count). The molecule has 28 heavy (non-hydrogen) atoms. The van der Waals surface area contributed by atoms with Gasteiger partial charge in [-0.2, -0.15) is 13.7 Å². The minimum atomic E-state index is -3.89. The Kier molecular flexibility index (Phi) is 5.62. The summed E-state index contributed by atoms with van der Waals surface area (Å²) in [7, 11) is -3.89. The molecule has 0 radical (unpaired) electrons. The first-order chi connectivity index (χ1) is 13.4. The zero-order chi connectivity index (χ0) is 20.1. The van der Waals surface area contributed by atoms with Crippen molar-refractivity contribution < 1.29 is 12.6 Å². The molecule has 0 aliphatic heterocycles. The lowest BCUT2D eigenvalue weighted by atomic mass is 10.0. The van der Waals surface area contributed by atoms with Crippen LogP contribution in [0.4, 0.5) is 0 Å². The smallest absolute Gasteiger partial charge is 0.339 e. The SMILES string of the molecule is Cc1ccc(/C(C#N)=C/c2ccc(OS(=O)(=O)c3ccc(C)cc3)cc2)cc1. The fraction of sp³-hybridized carbons (Fsp3) is 0.0870. The number of aryl methyl sites for hydroxylation is 2. The van der Waals surface area contributed by atoms with Gasteiger partial charge in [0, 0.05) is 0 Å². The minimum Gasteiger partial charge on any atom is -0.379 e.